The van der Waals surface area contributed by atoms with Crippen molar-refractivity contribution in [1.29, 1.82) is 0 Å². The van der Waals surface area contributed by atoms with Crippen molar-refractivity contribution in [3.8, 4) is 11.4 Å². The summed E-state index contributed by atoms with van der Waals surface area (Å²) in [5, 5.41) is 10.3. The molecular formula is C14H18N4OS. The Morgan fingerprint density at radius 1 is 1.35 bits per heavy atom. The lowest BCUT2D eigenvalue weighted by atomic mass is 9.91. The third-order valence-corrected chi connectivity index (χ3v) is 4.42. The van der Waals surface area contributed by atoms with Gasteiger partial charge >= 0.3 is 0 Å². The topological polar surface area (TPSA) is 75.3 Å². The highest BCUT2D eigenvalue weighted by atomic mass is 32.1. The first-order valence-electron chi connectivity index (χ1n) is 6.74. The summed E-state index contributed by atoms with van der Waals surface area (Å²) in [5.41, 5.74) is 6.67. The quantitative estimate of drug-likeness (QED) is 0.896. The molecule has 106 valence electrons. The second-order valence-corrected chi connectivity index (χ2v) is 6.04. The maximum atomic E-state index is 9.41. The Balaban J connectivity index is 1.80. The molecule has 6 heteroatoms. The summed E-state index contributed by atoms with van der Waals surface area (Å²) in [5.74, 6) is 0.753. The molecule has 3 N–H and O–H groups in total. The number of piperidine rings is 1. The first-order valence-corrected chi connectivity index (χ1v) is 7.51. The Labute approximate surface area is 122 Å². The van der Waals surface area contributed by atoms with Crippen molar-refractivity contribution in [2.75, 3.05) is 24.6 Å². The molecule has 0 amide bonds. The maximum Gasteiger partial charge on any atom is 0.205 e. The number of aliphatic hydroxyl groups excluding tert-OH is 1. The van der Waals surface area contributed by atoms with E-state index in [-0.39, 0.29) is 6.61 Å². The van der Waals surface area contributed by atoms with E-state index in [0.717, 1.165) is 35.9 Å². The van der Waals surface area contributed by atoms with Crippen molar-refractivity contribution in [1.82, 2.24) is 9.36 Å². The zero-order valence-electron chi connectivity index (χ0n) is 11.2. The van der Waals surface area contributed by atoms with Gasteiger partial charge < -0.3 is 15.7 Å². The fraction of sp³-hybridized carbons (Fsp3) is 0.429. The third kappa shape index (κ3) is 2.67. The standard InChI is InChI=1S/C14H18N4OS/c15-14(10-19)7-4-8-18(9-14)13-16-12(17-20-13)11-5-2-1-3-6-11/h1-3,5-6,19H,4,7-10,15H2. The predicted octanol–water partition coefficient (Wildman–Crippen LogP) is 1.50. The first-order chi connectivity index (χ1) is 9.70. The molecule has 1 aliphatic rings. The summed E-state index contributed by atoms with van der Waals surface area (Å²) in [4.78, 5) is 6.73. The van der Waals surface area contributed by atoms with Crippen LogP contribution in [0.2, 0.25) is 0 Å². The molecule has 0 radical (unpaired) electrons. The third-order valence-electron chi connectivity index (χ3n) is 3.64. The Morgan fingerprint density at radius 2 is 2.15 bits per heavy atom. The van der Waals surface area contributed by atoms with Crippen molar-refractivity contribution in [2.45, 2.75) is 18.4 Å². The van der Waals surface area contributed by atoms with Gasteiger partial charge in [0.1, 0.15) is 0 Å². The molecule has 0 aliphatic carbocycles. The van der Waals surface area contributed by atoms with Crippen molar-refractivity contribution in [3.05, 3.63) is 30.3 Å². The van der Waals surface area contributed by atoms with E-state index in [4.69, 9.17) is 5.73 Å². The SMILES string of the molecule is NC1(CO)CCCN(c2nc(-c3ccccc3)ns2)C1. The molecule has 1 unspecified atom stereocenters. The summed E-state index contributed by atoms with van der Waals surface area (Å²) in [6.07, 6.45) is 1.82. The summed E-state index contributed by atoms with van der Waals surface area (Å²) >= 11 is 1.39. The van der Waals surface area contributed by atoms with Crippen LogP contribution in [0.25, 0.3) is 11.4 Å². The van der Waals surface area contributed by atoms with Crippen LogP contribution >= 0.6 is 11.5 Å². The summed E-state index contributed by atoms with van der Waals surface area (Å²) in [6, 6.07) is 9.94. The largest absolute Gasteiger partial charge is 0.394 e. The summed E-state index contributed by atoms with van der Waals surface area (Å²) < 4.78 is 4.42. The summed E-state index contributed by atoms with van der Waals surface area (Å²) in [6.45, 7) is 1.56. The Bertz CT molecular complexity index is 574. The van der Waals surface area contributed by atoms with Crippen LogP contribution < -0.4 is 10.6 Å². The molecule has 1 fully saturated rings. The molecule has 3 rings (SSSR count). The second-order valence-electron chi connectivity index (χ2n) is 5.31. The lowest BCUT2D eigenvalue weighted by molar-refractivity contribution is 0.177. The first kappa shape index (κ1) is 13.5. The highest BCUT2D eigenvalue weighted by Crippen LogP contribution is 2.28. The van der Waals surface area contributed by atoms with Crippen LogP contribution in [0.4, 0.5) is 5.13 Å². The number of hydrogen-bond donors (Lipinski definition) is 2. The number of anilines is 1. The Kier molecular flexibility index (Phi) is 3.69. The molecule has 1 aromatic heterocycles. The minimum absolute atomic E-state index is 0.00778. The van der Waals surface area contributed by atoms with Gasteiger partial charge in [0, 0.05) is 30.2 Å². The highest BCUT2D eigenvalue weighted by Gasteiger charge is 2.32. The molecule has 1 aliphatic heterocycles. The van der Waals surface area contributed by atoms with Gasteiger partial charge in [-0.15, -0.1) is 0 Å². The minimum atomic E-state index is -0.517. The van der Waals surface area contributed by atoms with Crippen molar-refractivity contribution >= 4 is 16.7 Å². The number of nitrogens with zero attached hydrogens (tertiary/aromatic N) is 3. The molecule has 20 heavy (non-hydrogen) atoms. The molecule has 1 atom stereocenters. The van der Waals surface area contributed by atoms with Gasteiger partial charge in [-0.3, -0.25) is 0 Å². The molecule has 1 aromatic carbocycles. The van der Waals surface area contributed by atoms with E-state index in [1.807, 2.05) is 30.3 Å². The van der Waals surface area contributed by atoms with E-state index >= 15 is 0 Å². The Hall–Kier alpha value is -1.50. The number of aliphatic hydroxyl groups is 1. The van der Waals surface area contributed by atoms with Crippen molar-refractivity contribution in [2.24, 2.45) is 5.73 Å². The van der Waals surface area contributed by atoms with E-state index in [1.54, 1.807) is 0 Å². The number of hydrogen-bond acceptors (Lipinski definition) is 6. The van der Waals surface area contributed by atoms with E-state index in [9.17, 15) is 5.11 Å². The number of nitrogens with two attached hydrogens (primary N) is 1. The zero-order chi connectivity index (χ0) is 14.0. The van der Waals surface area contributed by atoms with Crippen LogP contribution in [0.15, 0.2) is 30.3 Å². The average Bonchev–Trinajstić information content (AvgIpc) is 2.98. The van der Waals surface area contributed by atoms with Gasteiger partial charge in [0.25, 0.3) is 0 Å². The molecule has 2 heterocycles. The van der Waals surface area contributed by atoms with Crippen molar-refractivity contribution < 1.29 is 5.11 Å². The van der Waals surface area contributed by atoms with Gasteiger partial charge in [-0.25, -0.2) is 0 Å². The van der Waals surface area contributed by atoms with Crippen LogP contribution in [0.1, 0.15) is 12.8 Å². The number of aromatic nitrogens is 2. The Morgan fingerprint density at radius 3 is 2.90 bits per heavy atom. The van der Waals surface area contributed by atoms with Gasteiger partial charge in [-0.2, -0.15) is 9.36 Å². The number of benzene rings is 1. The van der Waals surface area contributed by atoms with E-state index in [0.29, 0.717) is 6.54 Å². The number of rotatable bonds is 3. The predicted molar refractivity (Wildman–Crippen MR) is 80.8 cm³/mol. The van der Waals surface area contributed by atoms with Gasteiger partial charge in [0.2, 0.25) is 5.13 Å². The fourth-order valence-corrected chi connectivity index (χ4v) is 3.21. The lowest BCUT2D eigenvalue weighted by Crippen LogP contribution is -2.56. The highest BCUT2D eigenvalue weighted by molar-refractivity contribution is 7.09. The lowest BCUT2D eigenvalue weighted by Gasteiger charge is -2.38. The molecule has 5 nitrogen and oxygen atoms in total. The molecule has 0 spiro atoms. The molecular weight excluding hydrogens is 272 g/mol. The second kappa shape index (κ2) is 5.47. The monoisotopic (exact) mass is 290 g/mol. The molecule has 0 saturated carbocycles. The normalized spacial score (nSPS) is 23.0. The van der Waals surface area contributed by atoms with E-state index in [1.165, 1.54) is 11.5 Å². The van der Waals surface area contributed by atoms with Crippen LogP contribution in [0, 0.1) is 0 Å². The van der Waals surface area contributed by atoms with Gasteiger partial charge in [0.05, 0.1) is 12.1 Å². The van der Waals surface area contributed by atoms with Gasteiger partial charge in [0.15, 0.2) is 5.82 Å². The van der Waals surface area contributed by atoms with Crippen LogP contribution in [0.3, 0.4) is 0 Å². The zero-order valence-corrected chi connectivity index (χ0v) is 12.0. The molecule has 0 bridgehead atoms. The van der Waals surface area contributed by atoms with E-state index in [2.05, 4.69) is 14.3 Å². The van der Waals surface area contributed by atoms with Crippen LogP contribution in [-0.2, 0) is 0 Å². The van der Waals surface area contributed by atoms with Crippen LogP contribution in [0.5, 0.6) is 0 Å². The molecule has 1 saturated heterocycles. The minimum Gasteiger partial charge on any atom is -0.394 e. The average molecular weight is 290 g/mol. The van der Waals surface area contributed by atoms with Crippen LogP contribution in [-0.4, -0.2) is 39.7 Å². The smallest absolute Gasteiger partial charge is 0.205 e. The summed E-state index contributed by atoms with van der Waals surface area (Å²) in [7, 11) is 0. The fourth-order valence-electron chi connectivity index (χ4n) is 2.50. The maximum absolute atomic E-state index is 9.41. The van der Waals surface area contributed by atoms with Gasteiger partial charge in [-0.05, 0) is 12.8 Å². The van der Waals surface area contributed by atoms with E-state index < -0.39 is 5.54 Å². The molecule has 2 aromatic rings. The van der Waals surface area contributed by atoms with Crippen molar-refractivity contribution in [3.63, 3.8) is 0 Å². The van der Waals surface area contributed by atoms with Gasteiger partial charge in [-0.1, -0.05) is 30.3 Å².